The molecule has 38 heavy (non-hydrogen) atoms. The Bertz CT molecular complexity index is 1160. The summed E-state index contributed by atoms with van der Waals surface area (Å²) in [7, 11) is 0. The van der Waals surface area contributed by atoms with Crippen molar-refractivity contribution in [2.75, 3.05) is 23.4 Å². The van der Waals surface area contributed by atoms with E-state index in [0.29, 0.717) is 36.6 Å². The fourth-order valence-electron chi connectivity index (χ4n) is 5.20. The van der Waals surface area contributed by atoms with E-state index in [1.54, 1.807) is 53.4 Å². The Kier molecular flexibility index (Phi) is 8.66. The molecule has 4 rings (SSSR count). The van der Waals surface area contributed by atoms with Crippen molar-refractivity contribution >= 4 is 35.1 Å². The molecule has 5 amide bonds. The molecule has 1 saturated carbocycles. The highest BCUT2D eigenvalue weighted by Gasteiger charge is 2.48. The van der Waals surface area contributed by atoms with Crippen molar-refractivity contribution in [3.63, 3.8) is 0 Å². The van der Waals surface area contributed by atoms with Gasteiger partial charge in [-0.3, -0.25) is 14.4 Å². The normalized spacial score (nSPS) is 19.3. The number of hydrogen-bond acceptors (Lipinski definition) is 5. The van der Waals surface area contributed by atoms with Gasteiger partial charge in [0, 0.05) is 17.8 Å². The van der Waals surface area contributed by atoms with E-state index >= 15 is 0 Å². The van der Waals surface area contributed by atoms with Crippen molar-refractivity contribution < 1.29 is 23.9 Å². The van der Waals surface area contributed by atoms with Crippen molar-refractivity contribution in [3.05, 3.63) is 54.1 Å². The number of nitrogens with zero attached hydrogens (tertiary/aromatic N) is 2. The van der Waals surface area contributed by atoms with Gasteiger partial charge < -0.3 is 20.3 Å². The Balaban J connectivity index is 1.50. The number of urea groups is 1. The van der Waals surface area contributed by atoms with E-state index in [0.717, 1.165) is 18.4 Å². The molecule has 9 nitrogen and oxygen atoms in total. The van der Waals surface area contributed by atoms with Crippen LogP contribution in [0.5, 0.6) is 5.75 Å². The largest absolute Gasteiger partial charge is 0.494 e. The third kappa shape index (κ3) is 6.33. The van der Waals surface area contributed by atoms with Crippen LogP contribution in [0.3, 0.4) is 0 Å². The van der Waals surface area contributed by atoms with Crippen LogP contribution in [0.4, 0.5) is 16.2 Å². The van der Waals surface area contributed by atoms with Crippen LogP contribution in [-0.2, 0) is 20.8 Å². The average molecular weight is 521 g/mol. The van der Waals surface area contributed by atoms with Gasteiger partial charge in [0.1, 0.15) is 12.3 Å². The van der Waals surface area contributed by atoms with Crippen LogP contribution < -0.4 is 20.3 Å². The lowest BCUT2D eigenvalue weighted by atomic mass is 9.81. The Labute approximate surface area is 223 Å². The van der Waals surface area contributed by atoms with Gasteiger partial charge in [0.15, 0.2) is 0 Å². The topological polar surface area (TPSA) is 108 Å². The number of anilines is 2. The van der Waals surface area contributed by atoms with Gasteiger partial charge in [0.2, 0.25) is 17.7 Å². The summed E-state index contributed by atoms with van der Waals surface area (Å²) >= 11 is 0. The lowest BCUT2D eigenvalue weighted by Crippen LogP contribution is -2.64. The first-order chi connectivity index (χ1) is 18.3. The van der Waals surface area contributed by atoms with Gasteiger partial charge >= 0.3 is 6.03 Å². The summed E-state index contributed by atoms with van der Waals surface area (Å²) in [6, 6.07) is 13.2. The number of carbonyl (C=O) groups is 4. The number of ether oxygens (including phenoxy) is 1. The van der Waals surface area contributed by atoms with E-state index in [4.69, 9.17) is 4.74 Å². The lowest BCUT2D eigenvalue weighted by molar-refractivity contribution is -0.128. The molecular formula is C29H36N4O5. The van der Waals surface area contributed by atoms with Crippen LogP contribution in [0, 0.1) is 5.92 Å². The first kappa shape index (κ1) is 27.2. The number of imide groups is 1. The van der Waals surface area contributed by atoms with Gasteiger partial charge in [0.25, 0.3) is 0 Å². The number of rotatable bonds is 9. The highest BCUT2D eigenvalue weighted by Crippen LogP contribution is 2.36. The van der Waals surface area contributed by atoms with Crippen LogP contribution in [0.2, 0.25) is 0 Å². The second-order valence-electron chi connectivity index (χ2n) is 10.1. The van der Waals surface area contributed by atoms with Crippen molar-refractivity contribution in [1.29, 1.82) is 0 Å². The van der Waals surface area contributed by atoms with Gasteiger partial charge in [-0.1, -0.05) is 25.0 Å². The molecule has 0 aromatic heterocycles. The molecular weight excluding hydrogens is 484 g/mol. The van der Waals surface area contributed by atoms with Gasteiger partial charge in [-0.2, -0.15) is 0 Å². The molecule has 1 heterocycles. The fraction of sp³-hybridized carbons (Fsp3) is 0.448. The number of benzene rings is 2. The predicted molar refractivity (Wildman–Crippen MR) is 145 cm³/mol. The standard InChI is InChI=1S/C29H36N4O5/c1-4-38-23-15-11-21(12-16-23)31-27(35)18-32-25-8-6-5-7-24(25)28(36)33(29(32)37)22-13-9-20(10-14-22)17-26(34)30-19(2)3/h9-16,19,24-25H,4-8,17-18H2,1-3H3,(H,30,34)(H,31,35). The van der Waals surface area contributed by atoms with E-state index in [1.165, 1.54) is 4.90 Å². The molecule has 202 valence electrons. The van der Waals surface area contributed by atoms with Crippen molar-refractivity contribution in [3.8, 4) is 5.75 Å². The summed E-state index contributed by atoms with van der Waals surface area (Å²) in [6.45, 7) is 6.11. The zero-order valence-electron chi connectivity index (χ0n) is 22.2. The molecule has 2 aromatic carbocycles. The first-order valence-corrected chi connectivity index (χ1v) is 13.3. The average Bonchev–Trinajstić information content (AvgIpc) is 2.88. The van der Waals surface area contributed by atoms with Gasteiger partial charge in [-0.25, -0.2) is 9.69 Å². The molecule has 2 aliphatic rings. The van der Waals surface area contributed by atoms with E-state index in [9.17, 15) is 19.2 Å². The molecule has 1 aliphatic carbocycles. The zero-order valence-corrected chi connectivity index (χ0v) is 22.2. The molecule has 2 atom stereocenters. The third-order valence-corrected chi connectivity index (χ3v) is 6.88. The molecule has 2 fully saturated rings. The number of hydrogen-bond donors (Lipinski definition) is 2. The number of fused-ring (bicyclic) bond motifs is 1. The summed E-state index contributed by atoms with van der Waals surface area (Å²) in [5.41, 5.74) is 1.83. The minimum Gasteiger partial charge on any atom is -0.494 e. The Morgan fingerprint density at radius 3 is 2.32 bits per heavy atom. The minimum absolute atomic E-state index is 0.0476. The summed E-state index contributed by atoms with van der Waals surface area (Å²) in [5.74, 6) is -0.285. The maximum absolute atomic E-state index is 13.7. The van der Waals surface area contributed by atoms with Crippen molar-refractivity contribution in [2.45, 2.75) is 65.0 Å². The highest BCUT2D eigenvalue weighted by molar-refractivity contribution is 6.17. The quantitative estimate of drug-likeness (QED) is 0.517. The number of carbonyl (C=O) groups excluding carboxylic acids is 4. The Hall–Kier alpha value is -3.88. The summed E-state index contributed by atoms with van der Waals surface area (Å²) in [5, 5.41) is 5.71. The van der Waals surface area contributed by atoms with Crippen molar-refractivity contribution in [1.82, 2.24) is 10.2 Å². The lowest BCUT2D eigenvalue weighted by Gasteiger charge is -2.46. The molecule has 9 heteroatoms. The summed E-state index contributed by atoms with van der Waals surface area (Å²) < 4.78 is 5.44. The molecule has 2 N–H and O–H groups in total. The van der Waals surface area contributed by atoms with E-state index < -0.39 is 6.03 Å². The first-order valence-electron chi connectivity index (χ1n) is 13.3. The predicted octanol–water partition coefficient (Wildman–Crippen LogP) is 4.12. The number of nitrogens with one attached hydrogen (secondary N) is 2. The molecule has 0 spiro atoms. The van der Waals surface area contributed by atoms with E-state index in [1.807, 2.05) is 20.8 Å². The monoisotopic (exact) mass is 520 g/mol. The van der Waals surface area contributed by atoms with Crippen LogP contribution in [0.25, 0.3) is 0 Å². The molecule has 0 bridgehead atoms. The minimum atomic E-state index is -0.495. The van der Waals surface area contributed by atoms with Gasteiger partial charge in [-0.15, -0.1) is 0 Å². The summed E-state index contributed by atoms with van der Waals surface area (Å²) in [6.07, 6.45) is 3.40. The molecule has 1 saturated heterocycles. The van der Waals surface area contributed by atoms with Crippen LogP contribution in [0.15, 0.2) is 48.5 Å². The summed E-state index contributed by atoms with van der Waals surface area (Å²) in [4.78, 5) is 54.9. The maximum atomic E-state index is 13.7. The van der Waals surface area contributed by atoms with E-state index in [2.05, 4.69) is 10.6 Å². The second kappa shape index (κ2) is 12.1. The highest BCUT2D eigenvalue weighted by atomic mass is 16.5. The molecule has 0 radical (unpaired) electrons. The van der Waals surface area contributed by atoms with Gasteiger partial charge in [-0.05, 0) is 75.6 Å². The maximum Gasteiger partial charge on any atom is 0.332 e. The SMILES string of the molecule is CCOc1ccc(NC(=O)CN2C(=O)N(c3ccc(CC(=O)NC(C)C)cc3)C(=O)C3CCCCC32)cc1. The number of amides is 5. The smallest absolute Gasteiger partial charge is 0.332 e. The van der Waals surface area contributed by atoms with Crippen molar-refractivity contribution in [2.24, 2.45) is 5.92 Å². The molecule has 1 aliphatic heterocycles. The Morgan fingerprint density at radius 1 is 0.974 bits per heavy atom. The van der Waals surface area contributed by atoms with Crippen LogP contribution in [-0.4, -0.2) is 53.9 Å². The van der Waals surface area contributed by atoms with Crippen LogP contribution >= 0.6 is 0 Å². The third-order valence-electron chi connectivity index (χ3n) is 6.88. The second-order valence-corrected chi connectivity index (χ2v) is 10.1. The van der Waals surface area contributed by atoms with E-state index in [-0.39, 0.29) is 48.7 Å². The molecule has 2 unspecified atom stereocenters. The van der Waals surface area contributed by atoms with Crippen LogP contribution in [0.1, 0.15) is 52.0 Å². The van der Waals surface area contributed by atoms with Gasteiger partial charge in [0.05, 0.1) is 24.6 Å². The Morgan fingerprint density at radius 2 is 1.66 bits per heavy atom. The molecule has 2 aromatic rings. The fourth-order valence-corrected chi connectivity index (χ4v) is 5.20. The zero-order chi connectivity index (χ0) is 27.2.